The van der Waals surface area contributed by atoms with Crippen molar-refractivity contribution < 1.29 is 4.74 Å². The molecule has 0 radical (unpaired) electrons. The maximum atomic E-state index is 5.81. The van der Waals surface area contributed by atoms with Gasteiger partial charge in [0.25, 0.3) is 0 Å². The molecule has 0 unspecified atom stereocenters. The van der Waals surface area contributed by atoms with E-state index in [1.165, 1.54) is 89.9 Å². The maximum absolute atomic E-state index is 5.81. The summed E-state index contributed by atoms with van der Waals surface area (Å²) in [7, 11) is 0. The van der Waals surface area contributed by atoms with E-state index in [1.54, 1.807) is 0 Å². The summed E-state index contributed by atoms with van der Waals surface area (Å²) in [4.78, 5) is 0. The average Bonchev–Trinajstić information content (AvgIpc) is 2.82. The molecule has 2 aliphatic carbocycles. The molecule has 0 amide bonds. The zero-order chi connectivity index (χ0) is 21.7. The van der Waals surface area contributed by atoms with Crippen LogP contribution in [-0.4, -0.2) is 6.61 Å². The van der Waals surface area contributed by atoms with Crippen LogP contribution in [0, 0.1) is 35.5 Å². The summed E-state index contributed by atoms with van der Waals surface area (Å²) in [6, 6.07) is 8.39. The zero-order valence-electron chi connectivity index (χ0n) is 20.3. The minimum Gasteiger partial charge on any atom is -0.494 e. The van der Waals surface area contributed by atoms with Crippen molar-refractivity contribution in [2.75, 3.05) is 6.61 Å². The highest BCUT2D eigenvalue weighted by molar-refractivity contribution is 5.38. The van der Waals surface area contributed by atoms with Gasteiger partial charge in [-0.05, 0) is 87.0 Å². The SMILES string of the molecule is CCCCCOc1ccc(C#C[C@H]2CC[C@H]([C@H]3CC[C@H](CCCCC)CC3)CC2)cc1. The predicted molar refractivity (Wildman–Crippen MR) is 133 cm³/mol. The van der Waals surface area contributed by atoms with E-state index in [9.17, 15) is 0 Å². The van der Waals surface area contributed by atoms with E-state index < -0.39 is 0 Å². The van der Waals surface area contributed by atoms with E-state index >= 15 is 0 Å². The Bertz CT molecular complexity index is 648. The molecule has 0 aromatic heterocycles. The van der Waals surface area contributed by atoms with Crippen LogP contribution >= 0.6 is 0 Å². The van der Waals surface area contributed by atoms with Crippen LogP contribution in [0.3, 0.4) is 0 Å². The van der Waals surface area contributed by atoms with Crippen LogP contribution in [0.25, 0.3) is 0 Å². The van der Waals surface area contributed by atoms with Crippen LogP contribution in [0.1, 0.15) is 116 Å². The van der Waals surface area contributed by atoms with Gasteiger partial charge in [-0.25, -0.2) is 0 Å². The Morgan fingerprint density at radius 2 is 1.35 bits per heavy atom. The molecule has 1 aromatic carbocycles. The Morgan fingerprint density at radius 1 is 0.742 bits per heavy atom. The molecule has 1 aromatic rings. The molecule has 0 aliphatic heterocycles. The highest BCUT2D eigenvalue weighted by Gasteiger charge is 2.30. The minimum absolute atomic E-state index is 0.603. The third-order valence-corrected chi connectivity index (χ3v) is 7.84. The molecule has 0 N–H and O–H groups in total. The minimum atomic E-state index is 0.603. The average molecular weight is 423 g/mol. The summed E-state index contributed by atoms with van der Waals surface area (Å²) in [5, 5.41) is 0. The topological polar surface area (TPSA) is 9.23 Å². The molecule has 1 heteroatoms. The zero-order valence-corrected chi connectivity index (χ0v) is 20.3. The van der Waals surface area contributed by atoms with Crippen molar-refractivity contribution >= 4 is 0 Å². The van der Waals surface area contributed by atoms with Gasteiger partial charge in [-0.1, -0.05) is 77.1 Å². The first-order valence-corrected chi connectivity index (χ1v) is 13.5. The predicted octanol–water partition coefficient (Wildman–Crippen LogP) is 8.80. The summed E-state index contributed by atoms with van der Waals surface area (Å²) in [5.74, 6) is 11.6. The quantitative estimate of drug-likeness (QED) is 0.270. The molecule has 1 nitrogen and oxygen atoms in total. The number of rotatable bonds is 10. The van der Waals surface area contributed by atoms with Gasteiger partial charge in [0.1, 0.15) is 5.75 Å². The van der Waals surface area contributed by atoms with E-state index in [4.69, 9.17) is 4.74 Å². The molecule has 31 heavy (non-hydrogen) atoms. The first-order chi connectivity index (χ1) is 15.3. The molecule has 172 valence electrons. The summed E-state index contributed by atoms with van der Waals surface area (Å²) in [6.45, 7) is 5.36. The molecular weight excluding hydrogens is 376 g/mol. The second kappa shape index (κ2) is 13.9. The fraction of sp³-hybridized carbons (Fsp3) is 0.733. The lowest BCUT2D eigenvalue weighted by Crippen LogP contribution is -2.25. The van der Waals surface area contributed by atoms with Gasteiger partial charge in [-0.3, -0.25) is 0 Å². The Kier molecular flexibility index (Phi) is 10.8. The lowest BCUT2D eigenvalue weighted by atomic mass is 9.69. The van der Waals surface area contributed by atoms with Crippen LogP contribution in [0.2, 0.25) is 0 Å². The van der Waals surface area contributed by atoms with E-state index in [2.05, 4.69) is 50.0 Å². The largest absolute Gasteiger partial charge is 0.494 e. The van der Waals surface area contributed by atoms with Crippen molar-refractivity contribution in [2.45, 2.75) is 110 Å². The number of hydrogen-bond donors (Lipinski definition) is 0. The van der Waals surface area contributed by atoms with Crippen molar-refractivity contribution in [1.82, 2.24) is 0 Å². The third-order valence-electron chi connectivity index (χ3n) is 7.84. The van der Waals surface area contributed by atoms with Crippen molar-refractivity contribution in [2.24, 2.45) is 23.7 Å². The molecule has 0 atom stereocenters. The second-order valence-corrected chi connectivity index (χ2v) is 10.2. The Hall–Kier alpha value is -1.42. The molecule has 2 fully saturated rings. The van der Waals surface area contributed by atoms with Gasteiger partial charge in [-0.2, -0.15) is 0 Å². The highest BCUT2D eigenvalue weighted by atomic mass is 16.5. The lowest BCUT2D eigenvalue weighted by molar-refractivity contribution is 0.153. The van der Waals surface area contributed by atoms with Crippen LogP contribution in [0.5, 0.6) is 5.75 Å². The Balaban J connectivity index is 1.35. The van der Waals surface area contributed by atoms with Crippen LogP contribution in [0.4, 0.5) is 0 Å². The van der Waals surface area contributed by atoms with Gasteiger partial charge in [0, 0.05) is 11.5 Å². The number of hydrogen-bond acceptors (Lipinski definition) is 1. The van der Waals surface area contributed by atoms with Crippen LogP contribution in [-0.2, 0) is 0 Å². The molecule has 0 spiro atoms. The van der Waals surface area contributed by atoms with E-state index in [-0.39, 0.29) is 0 Å². The maximum Gasteiger partial charge on any atom is 0.119 e. The number of unbranched alkanes of at least 4 members (excludes halogenated alkanes) is 4. The van der Waals surface area contributed by atoms with Gasteiger partial charge in [0.2, 0.25) is 0 Å². The van der Waals surface area contributed by atoms with E-state index in [0.29, 0.717) is 5.92 Å². The fourth-order valence-corrected chi connectivity index (χ4v) is 5.73. The second-order valence-electron chi connectivity index (χ2n) is 10.2. The lowest BCUT2D eigenvalue weighted by Gasteiger charge is -2.37. The molecule has 2 aliphatic rings. The fourth-order valence-electron chi connectivity index (χ4n) is 5.73. The normalized spacial score (nSPS) is 26.1. The first-order valence-electron chi connectivity index (χ1n) is 13.5. The molecule has 2 saturated carbocycles. The summed E-state index contributed by atoms with van der Waals surface area (Å²) < 4.78 is 5.81. The van der Waals surface area contributed by atoms with Gasteiger partial charge >= 0.3 is 0 Å². The highest BCUT2D eigenvalue weighted by Crippen LogP contribution is 2.42. The monoisotopic (exact) mass is 422 g/mol. The Morgan fingerprint density at radius 3 is 2.00 bits per heavy atom. The summed E-state index contributed by atoms with van der Waals surface area (Å²) in [6.07, 6.45) is 20.8. The van der Waals surface area contributed by atoms with Crippen LogP contribution < -0.4 is 4.74 Å². The van der Waals surface area contributed by atoms with Crippen molar-refractivity contribution in [3.63, 3.8) is 0 Å². The number of benzene rings is 1. The van der Waals surface area contributed by atoms with Crippen LogP contribution in [0.15, 0.2) is 24.3 Å². The van der Waals surface area contributed by atoms with Gasteiger partial charge in [0.05, 0.1) is 6.61 Å². The molecular formula is C30H46O. The Labute approximate surface area is 192 Å². The summed E-state index contributed by atoms with van der Waals surface area (Å²) in [5.41, 5.74) is 1.13. The molecule has 0 saturated heterocycles. The number of ether oxygens (including phenoxy) is 1. The van der Waals surface area contributed by atoms with E-state index in [1.807, 2.05) is 0 Å². The van der Waals surface area contributed by atoms with Crippen molar-refractivity contribution in [1.29, 1.82) is 0 Å². The van der Waals surface area contributed by atoms with Gasteiger partial charge in [-0.15, -0.1) is 0 Å². The molecule has 0 bridgehead atoms. The smallest absolute Gasteiger partial charge is 0.119 e. The van der Waals surface area contributed by atoms with Crippen molar-refractivity contribution in [3.8, 4) is 17.6 Å². The van der Waals surface area contributed by atoms with Gasteiger partial charge in [0.15, 0.2) is 0 Å². The molecule has 3 rings (SSSR count). The third kappa shape index (κ3) is 8.56. The summed E-state index contributed by atoms with van der Waals surface area (Å²) >= 11 is 0. The molecule has 0 heterocycles. The standard InChI is InChI=1S/C30H46O/c1-3-5-7-9-25-12-18-28(19-13-25)29-20-14-26(15-21-29)10-11-27-16-22-30(23-17-27)31-24-8-6-4-2/h16-17,22-23,25-26,28-29H,3-9,12-15,18-21,24H2,1-2H3/t25-,26-,28-,29-. The van der Waals surface area contributed by atoms with Crippen molar-refractivity contribution in [3.05, 3.63) is 29.8 Å². The van der Waals surface area contributed by atoms with Gasteiger partial charge < -0.3 is 4.74 Å². The first kappa shape index (κ1) is 24.2. The van der Waals surface area contributed by atoms with E-state index in [0.717, 1.165) is 42.1 Å².